The number of fused-ring (bicyclic) bond motifs is 1. The summed E-state index contributed by atoms with van der Waals surface area (Å²) in [6, 6.07) is 22.2. The highest BCUT2D eigenvalue weighted by atomic mass is 35.5. The van der Waals surface area contributed by atoms with Gasteiger partial charge in [0.15, 0.2) is 0 Å². The highest BCUT2D eigenvalue weighted by molar-refractivity contribution is 6.30. The van der Waals surface area contributed by atoms with Crippen molar-refractivity contribution in [2.45, 2.75) is 6.04 Å². The molecule has 6 nitrogen and oxygen atoms in total. The number of rotatable bonds is 4. The maximum atomic E-state index is 13.5. The Hall–Kier alpha value is -3.97. The Morgan fingerprint density at radius 3 is 2.44 bits per heavy atom. The van der Waals surface area contributed by atoms with Crippen molar-refractivity contribution in [3.8, 4) is 0 Å². The highest BCUT2D eigenvalue weighted by Gasteiger charge is 2.26. The Labute approximate surface area is 188 Å². The minimum atomic E-state index is -0.348. The quantitative estimate of drug-likeness (QED) is 0.442. The van der Waals surface area contributed by atoms with E-state index in [9.17, 15) is 9.18 Å². The highest BCUT2D eigenvalue weighted by Crippen LogP contribution is 2.33. The van der Waals surface area contributed by atoms with E-state index in [0.29, 0.717) is 16.5 Å². The third kappa shape index (κ3) is 3.98. The van der Waals surface area contributed by atoms with Crippen molar-refractivity contribution >= 4 is 35.1 Å². The van der Waals surface area contributed by atoms with Crippen molar-refractivity contribution in [3.05, 3.63) is 112 Å². The van der Waals surface area contributed by atoms with Gasteiger partial charge in [0.05, 0.1) is 0 Å². The molecule has 3 aromatic carbocycles. The van der Waals surface area contributed by atoms with Gasteiger partial charge in [0.25, 0.3) is 11.9 Å². The summed E-state index contributed by atoms with van der Waals surface area (Å²) >= 11 is 5.90. The summed E-state index contributed by atoms with van der Waals surface area (Å²) in [4.78, 5) is 17.1. The zero-order chi connectivity index (χ0) is 22.1. The average Bonchev–Trinajstić information content (AvgIpc) is 3.22. The molecular formula is C24H17ClFN5O. The third-order valence-electron chi connectivity index (χ3n) is 5.09. The summed E-state index contributed by atoms with van der Waals surface area (Å²) in [5, 5.41) is 11.0. The number of hydrogen-bond donors (Lipinski definition) is 2. The summed E-state index contributed by atoms with van der Waals surface area (Å²) < 4.78 is 15.2. The van der Waals surface area contributed by atoms with E-state index in [1.54, 1.807) is 41.1 Å². The van der Waals surface area contributed by atoms with Gasteiger partial charge in [-0.2, -0.15) is 4.98 Å². The van der Waals surface area contributed by atoms with E-state index < -0.39 is 0 Å². The summed E-state index contributed by atoms with van der Waals surface area (Å²) in [5.41, 5.74) is 3.09. The predicted octanol–water partition coefficient (Wildman–Crippen LogP) is 5.38. The lowest BCUT2D eigenvalue weighted by molar-refractivity contribution is 0.102. The first-order valence-corrected chi connectivity index (χ1v) is 10.3. The number of carbonyl (C=O) groups excluding carboxylic acids is 1. The average molecular weight is 446 g/mol. The maximum absolute atomic E-state index is 13.5. The van der Waals surface area contributed by atoms with Crippen LogP contribution >= 0.6 is 11.6 Å². The Bertz CT molecular complexity index is 1300. The van der Waals surface area contributed by atoms with E-state index >= 15 is 0 Å². The second-order valence-corrected chi connectivity index (χ2v) is 7.67. The van der Waals surface area contributed by atoms with Gasteiger partial charge in [-0.15, -0.1) is 5.10 Å². The zero-order valence-electron chi connectivity index (χ0n) is 16.7. The summed E-state index contributed by atoms with van der Waals surface area (Å²) in [6.45, 7) is 0. The molecule has 158 valence electrons. The molecule has 0 saturated heterocycles. The van der Waals surface area contributed by atoms with Gasteiger partial charge in [-0.05, 0) is 53.6 Å². The molecule has 4 aromatic rings. The molecule has 32 heavy (non-hydrogen) atoms. The van der Waals surface area contributed by atoms with Crippen molar-refractivity contribution in [2.75, 3.05) is 10.6 Å². The van der Waals surface area contributed by atoms with Crippen LogP contribution in [-0.2, 0) is 0 Å². The van der Waals surface area contributed by atoms with Crippen molar-refractivity contribution < 1.29 is 9.18 Å². The van der Waals surface area contributed by atoms with Crippen molar-refractivity contribution in [1.82, 2.24) is 14.8 Å². The summed E-state index contributed by atoms with van der Waals surface area (Å²) in [5.74, 6) is -0.0433. The van der Waals surface area contributed by atoms with Gasteiger partial charge in [-0.3, -0.25) is 10.1 Å². The molecule has 1 atom stereocenters. The van der Waals surface area contributed by atoms with Crippen LogP contribution in [0, 0.1) is 5.82 Å². The summed E-state index contributed by atoms with van der Waals surface area (Å²) in [7, 11) is 0. The second kappa shape index (κ2) is 8.28. The number of amides is 1. The van der Waals surface area contributed by atoms with Crippen LogP contribution in [0.1, 0.15) is 27.5 Å². The molecule has 5 rings (SSSR count). The molecule has 1 aromatic heterocycles. The molecule has 0 spiro atoms. The smallest absolute Gasteiger partial charge is 0.258 e. The van der Waals surface area contributed by atoms with Crippen LogP contribution in [0.2, 0.25) is 5.02 Å². The minimum Gasteiger partial charge on any atom is -0.324 e. The first-order valence-electron chi connectivity index (χ1n) is 9.90. The summed E-state index contributed by atoms with van der Waals surface area (Å²) in [6.07, 6.45) is 2.00. The zero-order valence-corrected chi connectivity index (χ0v) is 17.4. The minimum absolute atomic E-state index is 0.155. The molecule has 0 saturated carbocycles. The van der Waals surface area contributed by atoms with Crippen molar-refractivity contribution in [1.29, 1.82) is 0 Å². The fourth-order valence-electron chi connectivity index (χ4n) is 3.50. The van der Waals surface area contributed by atoms with Crippen LogP contribution in [0.4, 0.5) is 16.3 Å². The van der Waals surface area contributed by atoms with E-state index in [-0.39, 0.29) is 23.7 Å². The van der Waals surface area contributed by atoms with Crippen molar-refractivity contribution in [3.63, 3.8) is 0 Å². The largest absolute Gasteiger partial charge is 0.324 e. The Morgan fingerprint density at radius 1 is 1.00 bits per heavy atom. The van der Waals surface area contributed by atoms with Gasteiger partial charge >= 0.3 is 0 Å². The molecule has 1 amide bonds. The molecule has 1 aliphatic rings. The second-order valence-electron chi connectivity index (χ2n) is 7.23. The first-order chi connectivity index (χ1) is 15.6. The topological polar surface area (TPSA) is 71.8 Å². The monoisotopic (exact) mass is 445 g/mol. The van der Waals surface area contributed by atoms with Crippen LogP contribution in [0.3, 0.4) is 0 Å². The van der Waals surface area contributed by atoms with Gasteiger partial charge in [0, 0.05) is 16.3 Å². The van der Waals surface area contributed by atoms with E-state index in [2.05, 4.69) is 20.7 Å². The molecular weight excluding hydrogens is 429 g/mol. The van der Waals surface area contributed by atoms with Crippen molar-refractivity contribution in [2.24, 2.45) is 0 Å². The van der Waals surface area contributed by atoms with Gasteiger partial charge in [-0.25, -0.2) is 9.07 Å². The van der Waals surface area contributed by atoms with Gasteiger partial charge < -0.3 is 5.32 Å². The van der Waals surface area contributed by atoms with E-state index in [0.717, 1.165) is 16.8 Å². The van der Waals surface area contributed by atoms with Crippen LogP contribution < -0.4 is 10.6 Å². The predicted molar refractivity (Wildman–Crippen MR) is 122 cm³/mol. The van der Waals surface area contributed by atoms with Gasteiger partial charge in [0.2, 0.25) is 5.95 Å². The fourth-order valence-corrected chi connectivity index (χ4v) is 3.63. The number of carbonyl (C=O) groups is 1. The third-order valence-corrected chi connectivity index (χ3v) is 5.35. The number of nitrogens with zero attached hydrogens (tertiary/aromatic N) is 3. The SMILES string of the molecule is O=C(Nc1nc2n(n1)C(c1ccc(F)cc1)C=C(c1ccccc1)N2)c1ccc(Cl)cc1. The van der Waals surface area contributed by atoms with E-state index in [1.165, 1.54) is 12.1 Å². The number of nitrogens with one attached hydrogen (secondary N) is 2. The van der Waals surface area contributed by atoms with Gasteiger partial charge in [-0.1, -0.05) is 54.1 Å². The molecule has 0 radical (unpaired) electrons. The van der Waals surface area contributed by atoms with Crippen LogP contribution in [-0.4, -0.2) is 20.7 Å². The number of allylic oxidation sites excluding steroid dienone is 1. The molecule has 1 unspecified atom stereocenters. The molecule has 0 bridgehead atoms. The lowest BCUT2D eigenvalue weighted by Crippen LogP contribution is -2.20. The van der Waals surface area contributed by atoms with Crippen LogP contribution in [0.15, 0.2) is 84.9 Å². The Morgan fingerprint density at radius 2 is 1.72 bits per heavy atom. The standard InChI is InChI=1S/C24H17ClFN5O/c25-18-10-6-17(7-11-18)22(32)28-23-29-24-27-20(15-4-2-1-3-5-15)14-21(31(24)30-23)16-8-12-19(26)13-9-16/h1-14,21H,(H2,27,28,29,30,32). The first kappa shape index (κ1) is 20.0. The number of aromatic nitrogens is 3. The lowest BCUT2D eigenvalue weighted by atomic mass is 10.0. The molecule has 0 aliphatic carbocycles. The number of benzene rings is 3. The molecule has 8 heteroatoms. The fraction of sp³-hybridized carbons (Fsp3) is 0.0417. The molecule has 2 N–H and O–H groups in total. The molecule has 0 fully saturated rings. The lowest BCUT2D eigenvalue weighted by Gasteiger charge is -2.24. The number of hydrogen-bond acceptors (Lipinski definition) is 4. The Kier molecular flexibility index (Phi) is 5.17. The maximum Gasteiger partial charge on any atom is 0.258 e. The van der Waals surface area contributed by atoms with Crippen LogP contribution in [0.5, 0.6) is 0 Å². The van der Waals surface area contributed by atoms with Crippen LogP contribution in [0.25, 0.3) is 5.70 Å². The van der Waals surface area contributed by atoms with Gasteiger partial charge in [0.1, 0.15) is 11.9 Å². The Balaban J connectivity index is 1.50. The van der Waals surface area contributed by atoms with E-state index in [1.807, 2.05) is 36.4 Å². The number of halogens is 2. The normalized spacial score (nSPS) is 14.8. The van der Waals surface area contributed by atoms with E-state index in [4.69, 9.17) is 11.6 Å². The number of anilines is 2. The molecule has 2 heterocycles. The molecule has 1 aliphatic heterocycles.